The Bertz CT molecular complexity index is 750. The number of carbonyl (C=O) groups excluding carboxylic acids is 2. The molecule has 2 aromatic rings. The van der Waals surface area contributed by atoms with E-state index in [1.807, 2.05) is 11.8 Å². The minimum Gasteiger partial charge on any atom is -0.365 e. The van der Waals surface area contributed by atoms with Gasteiger partial charge in [-0.25, -0.2) is 9.67 Å². The first-order chi connectivity index (χ1) is 11.6. The van der Waals surface area contributed by atoms with Crippen LogP contribution in [0.5, 0.6) is 0 Å². The SMILES string of the molecule is CCn1nncc1C(=O)N1CCN(c2ncccc2C(N)=O)CC1. The molecule has 0 aliphatic carbocycles. The Labute approximate surface area is 139 Å². The first-order valence-corrected chi connectivity index (χ1v) is 7.79. The number of amides is 2. The van der Waals surface area contributed by atoms with Crippen molar-refractivity contribution in [2.75, 3.05) is 31.1 Å². The number of primary amides is 1. The smallest absolute Gasteiger partial charge is 0.273 e. The number of pyridine rings is 1. The number of rotatable bonds is 4. The lowest BCUT2D eigenvalue weighted by atomic mass is 10.2. The van der Waals surface area contributed by atoms with E-state index in [-0.39, 0.29) is 5.91 Å². The van der Waals surface area contributed by atoms with Gasteiger partial charge in [0, 0.05) is 38.9 Å². The number of hydrogen-bond acceptors (Lipinski definition) is 6. The maximum absolute atomic E-state index is 12.6. The lowest BCUT2D eigenvalue weighted by Gasteiger charge is -2.35. The van der Waals surface area contributed by atoms with Crippen LogP contribution in [0.1, 0.15) is 27.8 Å². The van der Waals surface area contributed by atoms with Crippen molar-refractivity contribution >= 4 is 17.6 Å². The van der Waals surface area contributed by atoms with Crippen molar-refractivity contribution in [2.24, 2.45) is 5.73 Å². The molecule has 3 rings (SSSR count). The molecule has 1 saturated heterocycles. The fourth-order valence-electron chi connectivity index (χ4n) is 2.78. The van der Waals surface area contributed by atoms with Gasteiger partial charge in [-0.1, -0.05) is 5.21 Å². The molecule has 0 atom stereocenters. The fourth-order valence-corrected chi connectivity index (χ4v) is 2.78. The van der Waals surface area contributed by atoms with Crippen molar-refractivity contribution < 1.29 is 9.59 Å². The van der Waals surface area contributed by atoms with Crippen LogP contribution in [0.3, 0.4) is 0 Å². The Hall–Kier alpha value is -2.97. The van der Waals surface area contributed by atoms with E-state index < -0.39 is 5.91 Å². The summed E-state index contributed by atoms with van der Waals surface area (Å²) >= 11 is 0. The van der Waals surface area contributed by atoms with Crippen LogP contribution in [-0.2, 0) is 6.54 Å². The summed E-state index contributed by atoms with van der Waals surface area (Å²) in [5, 5.41) is 7.69. The zero-order valence-corrected chi connectivity index (χ0v) is 13.4. The van der Waals surface area contributed by atoms with Crippen LogP contribution < -0.4 is 10.6 Å². The van der Waals surface area contributed by atoms with E-state index >= 15 is 0 Å². The van der Waals surface area contributed by atoms with Gasteiger partial charge in [0.25, 0.3) is 11.8 Å². The van der Waals surface area contributed by atoms with Gasteiger partial charge in [-0.15, -0.1) is 5.10 Å². The first kappa shape index (κ1) is 15.9. The number of nitrogens with zero attached hydrogens (tertiary/aromatic N) is 6. The molecule has 1 aliphatic heterocycles. The summed E-state index contributed by atoms with van der Waals surface area (Å²) < 4.78 is 1.58. The zero-order valence-electron chi connectivity index (χ0n) is 13.4. The topological polar surface area (TPSA) is 110 Å². The summed E-state index contributed by atoms with van der Waals surface area (Å²) in [7, 11) is 0. The number of hydrogen-bond donors (Lipinski definition) is 1. The fraction of sp³-hybridized carbons (Fsp3) is 0.400. The Morgan fingerprint density at radius 2 is 2.00 bits per heavy atom. The average molecular weight is 329 g/mol. The molecular formula is C15H19N7O2. The van der Waals surface area contributed by atoms with E-state index in [9.17, 15) is 9.59 Å². The highest BCUT2D eigenvalue weighted by atomic mass is 16.2. The maximum Gasteiger partial charge on any atom is 0.273 e. The van der Waals surface area contributed by atoms with Crippen LogP contribution in [-0.4, -0.2) is 62.9 Å². The number of aromatic nitrogens is 4. The third-order valence-corrected chi connectivity index (χ3v) is 4.05. The molecule has 0 saturated carbocycles. The molecule has 0 bridgehead atoms. The summed E-state index contributed by atoms with van der Waals surface area (Å²) in [6.45, 7) is 4.73. The van der Waals surface area contributed by atoms with Crippen LogP contribution >= 0.6 is 0 Å². The van der Waals surface area contributed by atoms with Crippen molar-refractivity contribution in [2.45, 2.75) is 13.5 Å². The minimum atomic E-state index is -0.505. The quantitative estimate of drug-likeness (QED) is 0.828. The Kier molecular flexibility index (Phi) is 4.41. The van der Waals surface area contributed by atoms with Crippen molar-refractivity contribution in [3.8, 4) is 0 Å². The molecule has 3 heterocycles. The van der Waals surface area contributed by atoms with Gasteiger partial charge < -0.3 is 15.5 Å². The Balaban J connectivity index is 1.70. The normalized spacial score (nSPS) is 14.7. The standard InChI is InChI=1S/C15H19N7O2/c1-2-22-12(10-18-19-22)15(24)21-8-6-20(7-9-21)14-11(13(16)23)4-3-5-17-14/h3-5,10H,2,6-9H2,1H3,(H2,16,23). The molecule has 2 amide bonds. The summed E-state index contributed by atoms with van der Waals surface area (Å²) in [6.07, 6.45) is 3.12. The molecule has 0 unspecified atom stereocenters. The summed E-state index contributed by atoms with van der Waals surface area (Å²) in [5.74, 6) is -0.0236. The minimum absolute atomic E-state index is 0.0855. The van der Waals surface area contributed by atoms with Crippen LogP contribution in [0.15, 0.2) is 24.5 Å². The number of nitrogens with two attached hydrogens (primary N) is 1. The molecule has 1 aliphatic rings. The Morgan fingerprint density at radius 1 is 1.25 bits per heavy atom. The average Bonchev–Trinajstić information content (AvgIpc) is 3.10. The molecule has 2 N–H and O–H groups in total. The van der Waals surface area contributed by atoms with Crippen LogP contribution in [0.2, 0.25) is 0 Å². The van der Waals surface area contributed by atoms with E-state index in [2.05, 4.69) is 15.3 Å². The number of piperazine rings is 1. The van der Waals surface area contributed by atoms with Crippen LogP contribution in [0.25, 0.3) is 0 Å². The van der Waals surface area contributed by atoms with Crippen molar-refractivity contribution in [3.05, 3.63) is 35.8 Å². The lowest BCUT2D eigenvalue weighted by Crippen LogP contribution is -2.49. The predicted octanol–water partition coefficient (Wildman–Crippen LogP) is -0.246. The largest absolute Gasteiger partial charge is 0.365 e. The van der Waals surface area contributed by atoms with E-state index in [0.29, 0.717) is 49.8 Å². The molecule has 9 heteroatoms. The number of aryl methyl sites for hydroxylation is 1. The van der Waals surface area contributed by atoms with Crippen molar-refractivity contribution in [3.63, 3.8) is 0 Å². The van der Waals surface area contributed by atoms with Gasteiger partial charge >= 0.3 is 0 Å². The van der Waals surface area contributed by atoms with Gasteiger partial charge in [-0.3, -0.25) is 9.59 Å². The summed E-state index contributed by atoms with van der Waals surface area (Å²) in [6, 6.07) is 3.34. The molecule has 24 heavy (non-hydrogen) atoms. The second-order valence-electron chi connectivity index (χ2n) is 5.45. The molecule has 0 spiro atoms. The maximum atomic E-state index is 12.6. The van der Waals surface area contributed by atoms with Gasteiger partial charge in [0.05, 0.1) is 11.8 Å². The van der Waals surface area contributed by atoms with Gasteiger partial charge in [-0.05, 0) is 19.1 Å². The summed E-state index contributed by atoms with van der Waals surface area (Å²) in [5.41, 5.74) is 6.29. The molecular weight excluding hydrogens is 310 g/mol. The first-order valence-electron chi connectivity index (χ1n) is 7.79. The second kappa shape index (κ2) is 6.65. The molecule has 0 aromatic carbocycles. The van der Waals surface area contributed by atoms with E-state index in [0.717, 1.165) is 0 Å². The van der Waals surface area contributed by atoms with Crippen LogP contribution in [0.4, 0.5) is 5.82 Å². The molecule has 1 fully saturated rings. The predicted molar refractivity (Wildman–Crippen MR) is 86.6 cm³/mol. The third-order valence-electron chi connectivity index (χ3n) is 4.05. The molecule has 9 nitrogen and oxygen atoms in total. The highest BCUT2D eigenvalue weighted by molar-refractivity contribution is 5.97. The molecule has 2 aromatic heterocycles. The second-order valence-corrected chi connectivity index (χ2v) is 5.45. The zero-order chi connectivity index (χ0) is 17.1. The van der Waals surface area contributed by atoms with E-state index in [1.165, 1.54) is 6.20 Å². The Morgan fingerprint density at radius 3 is 2.67 bits per heavy atom. The molecule has 126 valence electrons. The molecule has 0 radical (unpaired) electrons. The van der Waals surface area contributed by atoms with Gasteiger partial charge in [0.1, 0.15) is 11.5 Å². The third kappa shape index (κ3) is 2.92. The van der Waals surface area contributed by atoms with E-state index in [4.69, 9.17) is 5.73 Å². The lowest BCUT2D eigenvalue weighted by molar-refractivity contribution is 0.0733. The van der Waals surface area contributed by atoms with Crippen molar-refractivity contribution in [1.29, 1.82) is 0 Å². The number of carbonyl (C=O) groups is 2. The van der Waals surface area contributed by atoms with Gasteiger partial charge in [0.15, 0.2) is 0 Å². The van der Waals surface area contributed by atoms with Gasteiger partial charge in [0.2, 0.25) is 0 Å². The number of anilines is 1. The van der Waals surface area contributed by atoms with Crippen LogP contribution in [0, 0.1) is 0 Å². The van der Waals surface area contributed by atoms with Gasteiger partial charge in [-0.2, -0.15) is 0 Å². The van der Waals surface area contributed by atoms with Crippen molar-refractivity contribution in [1.82, 2.24) is 24.9 Å². The monoisotopic (exact) mass is 329 g/mol. The highest BCUT2D eigenvalue weighted by Crippen LogP contribution is 2.19. The highest BCUT2D eigenvalue weighted by Gasteiger charge is 2.26. The summed E-state index contributed by atoms with van der Waals surface area (Å²) in [4.78, 5) is 32.1. The van der Waals surface area contributed by atoms with E-state index in [1.54, 1.807) is 27.9 Å².